The molecule has 6 heteroatoms. The Balaban J connectivity index is 2.02. The van der Waals surface area contributed by atoms with Crippen molar-refractivity contribution in [2.45, 2.75) is 19.3 Å². The van der Waals surface area contributed by atoms with Gasteiger partial charge >= 0.3 is 5.97 Å². The van der Waals surface area contributed by atoms with Gasteiger partial charge in [-0.2, -0.15) is 0 Å². The highest BCUT2D eigenvalue weighted by molar-refractivity contribution is 6.30. The Labute approximate surface area is 157 Å². The number of hydrogen-bond acceptors (Lipinski definition) is 3. The molecule has 0 aliphatic heterocycles. The summed E-state index contributed by atoms with van der Waals surface area (Å²) in [7, 11) is 1.54. The van der Waals surface area contributed by atoms with Crippen molar-refractivity contribution in [3.63, 3.8) is 0 Å². The van der Waals surface area contributed by atoms with Crippen LogP contribution in [-0.2, 0) is 16.0 Å². The van der Waals surface area contributed by atoms with Gasteiger partial charge in [-0.25, -0.2) is 0 Å². The summed E-state index contributed by atoms with van der Waals surface area (Å²) in [6.07, 6.45) is 0.269. The lowest BCUT2D eigenvalue weighted by atomic mass is 9.97. The molecule has 0 aliphatic carbocycles. The molecule has 0 fully saturated rings. The minimum Gasteiger partial charge on any atom is -0.496 e. The molecule has 0 saturated heterocycles. The van der Waals surface area contributed by atoms with Gasteiger partial charge in [-0.05, 0) is 42.7 Å². The number of carboxylic acids is 1. The number of amides is 1. The second kappa shape index (κ2) is 9.25. The van der Waals surface area contributed by atoms with Crippen LogP contribution in [0.1, 0.15) is 24.0 Å². The van der Waals surface area contributed by atoms with E-state index < -0.39 is 17.8 Å². The fourth-order valence-electron chi connectivity index (χ4n) is 2.69. The lowest BCUT2D eigenvalue weighted by Crippen LogP contribution is -2.36. The Morgan fingerprint density at radius 3 is 2.58 bits per heavy atom. The number of nitrogens with one attached hydrogen (secondary N) is 1. The summed E-state index contributed by atoms with van der Waals surface area (Å²) in [5.74, 6) is -1.74. The van der Waals surface area contributed by atoms with Crippen molar-refractivity contribution < 1.29 is 19.4 Å². The number of benzene rings is 2. The van der Waals surface area contributed by atoms with E-state index in [1.165, 1.54) is 0 Å². The molecule has 1 amide bonds. The highest BCUT2D eigenvalue weighted by Gasteiger charge is 2.22. The molecule has 2 N–H and O–H groups in total. The average molecular weight is 376 g/mol. The number of carboxylic acid groups (broad SMARTS) is 1. The van der Waals surface area contributed by atoms with Gasteiger partial charge in [0.05, 0.1) is 18.9 Å². The van der Waals surface area contributed by atoms with Crippen molar-refractivity contribution >= 4 is 23.5 Å². The maximum absolute atomic E-state index is 12.4. The van der Waals surface area contributed by atoms with Crippen molar-refractivity contribution in [2.24, 2.45) is 5.92 Å². The summed E-state index contributed by atoms with van der Waals surface area (Å²) in [6.45, 7) is 1.80. The molecule has 0 aromatic heterocycles. The number of halogens is 1. The van der Waals surface area contributed by atoms with Crippen LogP contribution < -0.4 is 10.1 Å². The van der Waals surface area contributed by atoms with E-state index in [9.17, 15) is 14.7 Å². The summed E-state index contributed by atoms with van der Waals surface area (Å²) in [6, 6.07) is 14.3. The topological polar surface area (TPSA) is 75.6 Å². The van der Waals surface area contributed by atoms with Gasteiger partial charge in [0.15, 0.2) is 0 Å². The van der Waals surface area contributed by atoms with E-state index in [-0.39, 0.29) is 18.9 Å². The van der Waals surface area contributed by atoms with Crippen LogP contribution in [0.15, 0.2) is 48.5 Å². The maximum Gasteiger partial charge on any atom is 0.308 e. The molecule has 2 unspecified atom stereocenters. The minimum absolute atomic E-state index is 0.0388. The van der Waals surface area contributed by atoms with Gasteiger partial charge < -0.3 is 15.2 Å². The molecular formula is C20H22ClNO4. The third-order valence-electron chi connectivity index (χ3n) is 4.27. The van der Waals surface area contributed by atoms with Crippen LogP contribution in [0.5, 0.6) is 5.75 Å². The van der Waals surface area contributed by atoms with Crippen LogP contribution in [0.3, 0.4) is 0 Å². The normalized spacial score (nSPS) is 12.9. The first-order valence-corrected chi connectivity index (χ1v) is 8.68. The Bertz CT molecular complexity index is 778. The Kier molecular flexibility index (Phi) is 7.04. The van der Waals surface area contributed by atoms with Crippen LogP contribution in [0, 0.1) is 5.92 Å². The fraction of sp³-hybridized carbons (Fsp3) is 0.300. The van der Waals surface area contributed by atoms with Crippen LogP contribution in [0.2, 0.25) is 5.02 Å². The molecule has 0 saturated carbocycles. The summed E-state index contributed by atoms with van der Waals surface area (Å²) < 4.78 is 5.27. The van der Waals surface area contributed by atoms with Gasteiger partial charge in [-0.3, -0.25) is 9.59 Å². The third kappa shape index (κ3) is 5.23. The van der Waals surface area contributed by atoms with Gasteiger partial charge in [0.1, 0.15) is 5.75 Å². The number of para-hydroxylation sites is 1. The van der Waals surface area contributed by atoms with Crippen LogP contribution >= 0.6 is 11.6 Å². The molecule has 2 atom stereocenters. The quantitative estimate of drug-likeness (QED) is 0.740. The minimum atomic E-state index is -0.966. The Morgan fingerprint density at radius 1 is 1.19 bits per heavy atom. The smallest absolute Gasteiger partial charge is 0.308 e. The van der Waals surface area contributed by atoms with Crippen molar-refractivity contribution in [2.75, 3.05) is 13.7 Å². The number of ether oxygens (including phenoxy) is 1. The molecule has 0 heterocycles. The predicted octanol–water partition coefficient (Wildman–Crippen LogP) is 3.51. The average Bonchev–Trinajstić information content (AvgIpc) is 2.64. The zero-order chi connectivity index (χ0) is 19.1. The van der Waals surface area contributed by atoms with Gasteiger partial charge in [-0.15, -0.1) is 0 Å². The lowest BCUT2D eigenvalue weighted by Gasteiger charge is -2.17. The first-order chi connectivity index (χ1) is 12.4. The summed E-state index contributed by atoms with van der Waals surface area (Å²) in [4.78, 5) is 24.0. The summed E-state index contributed by atoms with van der Waals surface area (Å²) in [5.41, 5.74) is 1.58. The summed E-state index contributed by atoms with van der Waals surface area (Å²) >= 11 is 5.96. The Morgan fingerprint density at radius 2 is 1.92 bits per heavy atom. The van der Waals surface area contributed by atoms with Gasteiger partial charge in [0.25, 0.3) is 0 Å². The van der Waals surface area contributed by atoms with E-state index in [0.29, 0.717) is 10.8 Å². The molecular weight excluding hydrogens is 354 g/mol. The van der Waals surface area contributed by atoms with Gasteiger partial charge in [0, 0.05) is 11.6 Å². The molecule has 2 aromatic carbocycles. The molecule has 26 heavy (non-hydrogen) atoms. The zero-order valence-corrected chi connectivity index (χ0v) is 15.5. The van der Waals surface area contributed by atoms with E-state index in [2.05, 4.69) is 5.32 Å². The molecule has 0 spiro atoms. The number of aliphatic carboxylic acids is 1. The number of carbonyl (C=O) groups excluding carboxylic acids is 1. The Hall–Kier alpha value is -2.53. The van der Waals surface area contributed by atoms with Gasteiger partial charge in [0.2, 0.25) is 5.91 Å². The first kappa shape index (κ1) is 19.8. The number of hydrogen-bond donors (Lipinski definition) is 2. The van der Waals surface area contributed by atoms with E-state index in [1.807, 2.05) is 24.3 Å². The fourth-order valence-corrected chi connectivity index (χ4v) is 2.89. The van der Waals surface area contributed by atoms with E-state index in [0.717, 1.165) is 11.1 Å². The largest absolute Gasteiger partial charge is 0.496 e. The monoisotopic (exact) mass is 375 g/mol. The maximum atomic E-state index is 12.4. The number of carbonyl (C=O) groups is 2. The molecule has 0 radical (unpaired) electrons. The highest BCUT2D eigenvalue weighted by Crippen LogP contribution is 2.22. The van der Waals surface area contributed by atoms with E-state index >= 15 is 0 Å². The van der Waals surface area contributed by atoms with Crippen LogP contribution in [-0.4, -0.2) is 30.6 Å². The molecule has 2 aromatic rings. The lowest BCUT2D eigenvalue weighted by molar-refractivity contribution is -0.141. The standard InChI is InChI=1S/C20H22ClNO4/c1-13(14-7-5-8-17(21)11-14)19(23)22-12-16(20(24)25)10-15-6-3-4-9-18(15)26-2/h3-9,11,13,16H,10,12H2,1-2H3,(H,22,23)(H,24,25). The van der Waals surface area contributed by atoms with Crippen molar-refractivity contribution in [3.8, 4) is 5.75 Å². The zero-order valence-electron chi connectivity index (χ0n) is 14.7. The molecule has 0 aliphatic rings. The second-order valence-electron chi connectivity index (χ2n) is 6.07. The van der Waals surface area contributed by atoms with E-state index in [1.54, 1.807) is 38.3 Å². The molecule has 5 nitrogen and oxygen atoms in total. The molecule has 0 bridgehead atoms. The third-order valence-corrected chi connectivity index (χ3v) is 4.51. The number of rotatable bonds is 8. The molecule has 138 valence electrons. The second-order valence-corrected chi connectivity index (χ2v) is 6.51. The number of methoxy groups -OCH3 is 1. The van der Waals surface area contributed by atoms with Crippen molar-refractivity contribution in [1.29, 1.82) is 0 Å². The highest BCUT2D eigenvalue weighted by atomic mass is 35.5. The van der Waals surface area contributed by atoms with Crippen LogP contribution in [0.25, 0.3) is 0 Å². The van der Waals surface area contributed by atoms with Crippen molar-refractivity contribution in [1.82, 2.24) is 5.32 Å². The first-order valence-electron chi connectivity index (χ1n) is 8.30. The van der Waals surface area contributed by atoms with Gasteiger partial charge in [-0.1, -0.05) is 41.9 Å². The predicted molar refractivity (Wildman–Crippen MR) is 101 cm³/mol. The van der Waals surface area contributed by atoms with Crippen molar-refractivity contribution in [3.05, 3.63) is 64.7 Å². The SMILES string of the molecule is COc1ccccc1CC(CNC(=O)C(C)c1cccc(Cl)c1)C(=O)O. The summed E-state index contributed by atoms with van der Waals surface area (Å²) in [5, 5.41) is 12.8. The van der Waals surface area contributed by atoms with E-state index in [4.69, 9.17) is 16.3 Å². The van der Waals surface area contributed by atoms with Crippen LogP contribution in [0.4, 0.5) is 0 Å². The molecule has 2 rings (SSSR count).